The van der Waals surface area contributed by atoms with Gasteiger partial charge in [-0.2, -0.15) is 0 Å². The lowest BCUT2D eigenvalue weighted by molar-refractivity contribution is -0.384. The molecule has 160 valence electrons. The fourth-order valence-corrected chi connectivity index (χ4v) is 2.40. The van der Waals surface area contributed by atoms with E-state index in [0.717, 1.165) is 56.8 Å². The standard InChI is InChI=1S/C12H10N2O2.C8H23N5/c15-14(16)12-3-1-10(2-4-12)9-11-5-7-13-8-6-11;9-1-3-11-5-7-13-8-6-12-4-2-10/h1-8H,9H2;11-13H,1-10H2. The van der Waals surface area contributed by atoms with Gasteiger partial charge >= 0.3 is 0 Å². The molecule has 1 aromatic carbocycles. The third-order valence-corrected chi connectivity index (χ3v) is 3.90. The Labute approximate surface area is 172 Å². The summed E-state index contributed by atoms with van der Waals surface area (Å²) in [6.07, 6.45) is 4.24. The lowest BCUT2D eigenvalue weighted by atomic mass is 10.1. The molecule has 9 heteroatoms. The molecule has 0 fully saturated rings. The van der Waals surface area contributed by atoms with Crippen molar-refractivity contribution >= 4 is 5.69 Å². The predicted molar refractivity (Wildman–Crippen MR) is 117 cm³/mol. The molecule has 29 heavy (non-hydrogen) atoms. The van der Waals surface area contributed by atoms with Crippen molar-refractivity contribution in [3.8, 4) is 0 Å². The average molecular weight is 404 g/mol. The quantitative estimate of drug-likeness (QED) is 0.182. The second kappa shape index (κ2) is 16.5. The fraction of sp³-hybridized carbons (Fsp3) is 0.450. The summed E-state index contributed by atoms with van der Waals surface area (Å²) < 4.78 is 0. The van der Waals surface area contributed by atoms with E-state index in [1.54, 1.807) is 24.5 Å². The van der Waals surface area contributed by atoms with Crippen LogP contribution in [-0.4, -0.2) is 62.3 Å². The summed E-state index contributed by atoms with van der Waals surface area (Å²) in [5.74, 6) is 0. The number of hydrogen-bond donors (Lipinski definition) is 5. The summed E-state index contributed by atoms with van der Waals surface area (Å²) in [5.41, 5.74) is 13.0. The van der Waals surface area contributed by atoms with Crippen LogP contribution in [-0.2, 0) is 6.42 Å². The van der Waals surface area contributed by atoms with Gasteiger partial charge in [0.15, 0.2) is 0 Å². The molecule has 0 saturated carbocycles. The minimum absolute atomic E-state index is 0.124. The van der Waals surface area contributed by atoms with Crippen molar-refractivity contribution in [2.24, 2.45) is 11.5 Å². The predicted octanol–water partition coefficient (Wildman–Crippen LogP) is 0.253. The Balaban J connectivity index is 0.000000298. The van der Waals surface area contributed by atoms with Crippen LogP contribution < -0.4 is 27.4 Å². The first-order chi connectivity index (χ1) is 14.2. The van der Waals surface area contributed by atoms with E-state index in [1.165, 1.54) is 12.1 Å². The Bertz CT molecular complexity index is 644. The molecule has 0 aliphatic carbocycles. The van der Waals surface area contributed by atoms with Gasteiger partial charge in [0.25, 0.3) is 5.69 Å². The molecule has 0 bridgehead atoms. The van der Waals surface area contributed by atoms with E-state index >= 15 is 0 Å². The summed E-state index contributed by atoms with van der Waals surface area (Å²) in [4.78, 5) is 14.0. The maximum absolute atomic E-state index is 10.5. The molecule has 0 amide bonds. The van der Waals surface area contributed by atoms with Crippen molar-refractivity contribution in [1.29, 1.82) is 0 Å². The van der Waals surface area contributed by atoms with E-state index in [1.807, 2.05) is 12.1 Å². The average Bonchev–Trinajstić information content (AvgIpc) is 2.74. The molecule has 0 spiro atoms. The van der Waals surface area contributed by atoms with Crippen LogP contribution in [0.1, 0.15) is 11.1 Å². The van der Waals surface area contributed by atoms with Gasteiger partial charge in [-0.15, -0.1) is 0 Å². The normalized spacial score (nSPS) is 10.3. The van der Waals surface area contributed by atoms with Crippen LogP contribution in [0.2, 0.25) is 0 Å². The topological polar surface area (TPSA) is 144 Å². The van der Waals surface area contributed by atoms with Gasteiger partial charge < -0.3 is 27.4 Å². The Morgan fingerprint density at radius 1 is 0.759 bits per heavy atom. The molecular weight excluding hydrogens is 370 g/mol. The number of nitrogens with zero attached hydrogens (tertiary/aromatic N) is 2. The Kier molecular flexibility index (Phi) is 14.0. The van der Waals surface area contributed by atoms with Crippen molar-refractivity contribution in [3.05, 3.63) is 70.0 Å². The van der Waals surface area contributed by atoms with Crippen LogP contribution in [0.15, 0.2) is 48.8 Å². The molecular formula is C20H33N7O2. The molecule has 0 saturated heterocycles. The van der Waals surface area contributed by atoms with Gasteiger partial charge in [-0.3, -0.25) is 15.1 Å². The number of benzene rings is 1. The van der Waals surface area contributed by atoms with Crippen LogP contribution in [0.5, 0.6) is 0 Å². The van der Waals surface area contributed by atoms with E-state index in [0.29, 0.717) is 13.1 Å². The highest BCUT2D eigenvalue weighted by Gasteiger charge is 2.03. The Hall–Kier alpha value is -2.43. The molecule has 1 heterocycles. The van der Waals surface area contributed by atoms with Crippen LogP contribution in [0.4, 0.5) is 5.69 Å². The molecule has 2 aromatic rings. The summed E-state index contributed by atoms with van der Waals surface area (Å²) in [7, 11) is 0. The highest BCUT2D eigenvalue weighted by Crippen LogP contribution is 2.14. The second-order valence-corrected chi connectivity index (χ2v) is 6.28. The third-order valence-electron chi connectivity index (χ3n) is 3.90. The lowest BCUT2D eigenvalue weighted by Gasteiger charge is -2.06. The van der Waals surface area contributed by atoms with Crippen molar-refractivity contribution in [1.82, 2.24) is 20.9 Å². The molecule has 7 N–H and O–H groups in total. The summed E-state index contributed by atoms with van der Waals surface area (Å²) in [5, 5.41) is 20.2. The summed E-state index contributed by atoms with van der Waals surface area (Å²) >= 11 is 0. The fourth-order valence-electron chi connectivity index (χ4n) is 2.40. The van der Waals surface area contributed by atoms with Crippen LogP contribution >= 0.6 is 0 Å². The lowest BCUT2D eigenvalue weighted by Crippen LogP contribution is -2.35. The molecule has 0 aliphatic heterocycles. The number of nitro groups is 1. The van der Waals surface area contributed by atoms with Gasteiger partial charge in [-0.05, 0) is 29.7 Å². The summed E-state index contributed by atoms with van der Waals surface area (Å²) in [6, 6.07) is 10.5. The van der Waals surface area contributed by atoms with Crippen LogP contribution in [0.25, 0.3) is 0 Å². The Morgan fingerprint density at radius 2 is 1.21 bits per heavy atom. The van der Waals surface area contributed by atoms with Gasteiger partial charge in [0.05, 0.1) is 4.92 Å². The molecule has 9 nitrogen and oxygen atoms in total. The number of rotatable bonds is 13. The minimum Gasteiger partial charge on any atom is -0.329 e. The summed E-state index contributed by atoms with van der Waals surface area (Å²) in [6.45, 7) is 7.15. The SMILES string of the molecule is NCCNCCNCCNCCN.O=[N+]([O-])c1ccc(Cc2ccncc2)cc1. The molecule has 0 aliphatic rings. The highest BCUT2D eigenvalue weighted by molar-refractivity contribution is 5.35. The van der Waals surface area contributed by atoms with E-state index < -0.39 is 4.92 Å². The first-order valence-electron chi connectivity index (χ1n) is 9.82. The molecule has 0 radical (unpaired) electrons. The molecule has 0 unspecified atom stereocenters. The zero-order valence-electron chi connectivity index (χ0n) is 16.8. The van der Waals surface area contributed by atoms with Gasteiger partial charge in [0, 0.05) is 76.9 Å². The zero-order chi connectivity index (χ0) is 21.2. The molecule has 0 atom stereocenters. The van der Waals surface area contributed by atoms with Gasteiger partial charge in [-0.25, -0.2) is 0 Å². The van der Waals surface area contributed by atoms with E-state index in [4.69, 9.17) is 11.5 Å². The number of nitrogens with two attached hydrogens (primary N) is 2. The van der Waals surface area contributed by atoms with E-state index in [2.05, 4.69) is 20.9 Å². The maximum atomic E-state index is 10.5. The molecule has 1 aromatic heterocycles. The first-order valence-corrected chi connectivity index (χ1v) is 9.82. The zero-order valence-corrected chi connectivity index (χ0v) is 16.8. The number of hydrogen-bond acceptors (Lipinski definition) is 8. The van der Waals surface area contributed by atoms with Gasteiger partial charge in [0.1, 0.15) is 0 Å². The third kappa shape index (κ3) is 12.6. The highest BCUT2D eigenvalue weighted by atomic mass is 16.6. The smallest absolute Gasteiger partial charge is 0.269 e. The van der Waals surface area contributed by atoms with Crippen molar-refractivity contribution in [2.45, 2.75) is 6.42 Å². The maximum Gasteiger partial charge on any atom is 0.269 e. The van der Waals surface area contributed by atoms with Crippen molar-refractivity contribution < 1.29 is 4.92 Å². The van der Waals surface area contributed by atoms with Gasteiger partial charge in [-0.1, -0.05) is 12.1 Å². The number of aromatic nitrogens is 1. The van der Waals surface area contributed by atoms with Crippen molar-refractivity contribution in [3.63, 3.8) is 0 Å². The number of non-ortho nitro benzene ring substituents is 1. The van der Waals surface area contributed by atoms with E-state index in [-0.39, 0.29) is 5.69 Å². The second-order valence-electron chi connectivity index (χ2n) is 6.28. The van der Waals surface area contributed by atoms with Crippen molar-refractivity contribution in [2.75, 3.05) is 52.4 Å². The minimum atomic E-state index is -0.393. The molecule has 2 rings (SSSR count). The first kappa shape index (κ1) is 24.6. The Morgan fingerprint density at radius 3 is 1.66 bits per heavy atom. The number of nitrogens with one attached hydrogen (secondary N) is 3. The number of pyridine rings is 1. The largest absolute Gasteiger partial charge is 0.329 e. The van der Waals surface area contributed by atoms with Crippen LogP contribution in [0, 0.1) is 10.1 Å². The number of nitro benzene ring substituents is 1. The monoisotopic (exact) mass is 403 g/mol. The van der Waals surface area contributed by atoms with E-state index in [9.17, 15) is 10.1 Å². The van der Waals surface area contributed by atoms with Crippen LogP contribution in [0.3, 0.4) is 0 Å². The van der Waals surface area contributed by atoms with Gasteiger partial charge in [0.2, 0.25) is 0 Å².